The molecule has 0 rings (SSSR count). The Kier molecular flexibility index (Phi) is 3.88. The Morgan fingerprint density at radius 3 is 2.30 bits per heavy atom. The van der Waals surface area contributed by atoms with E-state index in [1.54, 1.807) is 0 Å². The summed E-state index contributed by atoms with van der Waals surface area (Å²) in [6, 6.07) is -0.331. The van der Waals surface area contributed by atoms with Gasteiger partial charge in [-0.05, 0) is 0 Å². The Hall–Kier alpha value is -0.700. The summed E-state index contributed by atoms with van der Waals surface area (Å²) in [5.41, 5.74) is 3.58. The highest BCUT2D eigenvalue weighted by molar-refractivity contribution is 6.37. The van der Waals surface area contributed by atoms with Crippen LogP contribution >= 0.6 is 0 Å². The number of ketones is 2. The smallest absolute Gasteiger partial charge is 0.254 e. The van der Waals surface area contributed by atoms with Gasteiger partial charge in [0.1, 0.15) is 0 Å². The number of carbonyl (C=O) groups is 2. The van der Waals surface area contributed by atoms with Gasteiger partial charge in [0, 0.05) is 13.3 Å². The molecule has 3 heteroatoms. The first-order valence-corrected chi connectivity index (χ1v) is 3.47. The molecule has 0 aromatic rings. The summed E-state index contributed by atoms with van der Waals surface area (Å²) < 4.78 is 0. The van der Waals surface area contributed by atoms with Gasteiger partial charge in [-0.2, -0.15) is 0 Å². The Morgan fingerprint density at radius 2 is 2.00 bits per heavy atom. The van der Waals surface area contributed by atoms with Crippen molar-refractivity contribution < 1.29 is 15.3 Å². The molecule has 1 unspecified atom stereocenters. The number of Topliss-reactive ketones (excluding diaryl/α,β-unsaturated/α-hetero) is 2. The van der Waals surface area contributed by atoms with Gasteiger partial charge in [-0.15, -0.1) is 0 Å². The second-order valence-electron chi connectivity index (χ2n) is 2.41. The number of rotatable bonds is 4. The van der Waals surface area contributed by atoms with Crippen molar-refractivity contribution >= 4 is 11.6 Å². The lowest BCUT2D eigenvalue weighted by molar-refractivity contribution is -0.403. The van der Waals surface area contributed by atoms with Gasteiger partial charge >= 0.3 is 0 Å². The summed E-state index contributed by atoms with van der Waals surface area (Å²) in [5, 5.41) is 0. The summed E-state index contributed by atoms with van der Waals surface area (Å²) in [4.78, 5) is 21.3. The molecule has 0 aliphatic carbocycles. The first-order valence-electron chi connectivity index (χ1n) is 3.47. The Labute approximate surface area is 60.6 Å². The summed E-state index contributed by atoms with van der Waals surface area (Å²) >= 11 is 0. The minimum absolute atomic E-state index is 0.331. The third-order valence-corrected chi connectivity index (χ3v) is 1.35. The summed E-state index contributed by atoms with van der Waals surface area (Å²) in [5.74, 6) is -0.727. The van der Waals surface area contributed by atoms with Gasteiger partial charge in [-0.1, -0.05) is 13.3 Å². The van der Waals surface area contributed by atoms with Crippen molar-refractivity contribution in [1.82, 2.24) is 0 Å². The Morgan fingerprint density at radius 1 is 1.50 bits per heavy atom. The molecule has 0 aromatic carbocycles. The molecule has 3 N–H and O–H groups in total. The van der Waals surface area contributed by atoms with Crippen molar-refractivity contribution in [3.63, 3.8) is 0 Å². The van der Waals surface area contributed by atoms with Gasteiger partial charge < -0.3 is 5.73 Å². The molecule has 0 radical (unpaired) electrons. The van der Waals surface area contributed by atoms with Crippen LogP contribution < -0.4 is 5.73 Å². The normalized spacial score (nSPS) is 12.7. The average Bonchev–Trinajstić information content (AvgIpc) is 1.87. The van der Waals surface area contributed by atoms with Crippen molar-refractivity contribution in [3.05, 3.63) is 0 Å². The van der Waals surface area contributed by atoms with Gasteiger partial charge in [0.25, 0.3) is 5.78 Å². The highest BCUT2D eigenvalue weighted by Crippen LogP contribution is 1.92. The standard InChI is InChI=1S/C7H13NO2/c1-3-4-6(8)7(10)5(2)9/h6H,3-4,8H2,1-2H3/p+1. The first-order chi connectivity index (χ1) is 4.59. The molecular formula is C7H14NO2+. The molecule has 1 atom stereocenters. The third-order valence-electron chi connectivity index (χ3n) is 1.35. The molecule has 3 nitrogen and oxygen atoms in total. The Bertz CT molecular complexity index is 143. The fraction of sp³-hybridized carbons (Fsp3) is 0.714. The van der Waals surface area contributed by atoms with Crippen molar-refractivity contribution in [1.29, 1.82) is 0 Å². The van der Waals surface area contributed by atoms with E-state index in [0.717, 1.165) is 6.42 Å². The van der Waals surface area contributed by atoms with Crippen LogP contribution in [-0.4, -0.2) is 17.6 Å². The molecule has 0 aliphatic rings. The van der Waals surface area contributed by atoms with E-state index < -0.39 is 0 Å². The average molecular weight is 144 g/mol. The molecular weight excluding hydrogens is 130 g/mol. The maximum Gasteiger partial charge on any atom is 0.254 e. The zero-order valence-corrected chi connectivity index (χ0v) is 6.52. The fourth-order valence-electron chi connectivity index (χ4n) is 0.767. The predicted octanol–water partition coefficient (Wildman–Crippen LogP) is -0.445. The number of carbonyl (C=O) groups excluding carboxylic acids is 2. The van der Waals surface area contributed by atoms with Crippen LogP contribution in [0, 0.1) is 0 Å². The summed E-state index contributed by atoms with van der Waals surface area (Å²) in [7, 11) is 0. The molecule has 0 aromatic heterocycles. The van der Waals surface area contributed by atoms with Gasteiger partial charge in [-0.3, -0.25) is 9.59 Å². The van der Waals surface area contributed by atoms with Crippen molar-refractivity contribution in [2.24, 2.45) is 0 Å². The van der Waals surface area contributed by atoms with Crippen LogP contribution in [0.2, 0.25) is 0 Å². The topological polar surface area (TPSA) is 61.8 Å². The molecule has 0 amide bonds. The molecule has 0 heterocycles. The van der Waals surface area contributed by atoms with E-state index >= 15 is 0 Å². The highest BCUT2D eigenvalue weighted by Gasteiger charge is 2.19. The minimum Gasteiger partial charge on any atom is -0.349 e. The van der Waals surface area contributed by atoms with E-state index in [-0.39, 0.29) is 17.6 Å². The molecule has 0 saturated carbocycles. The quantitative estimate of drug-likeness (QED) is 0.543. The monoisotopic (exact) mass is 144 g/mol. The van der Waals surface area contributed by atoms with E-state index in [0.29, 0.717) is 6.42 Å². The Balaban J connectivity index is 3.82. The summed E-state index contributed by atoms with van der Waals surface area (Å²) in [6.45, 7) is 3.25. The lowest BCUT2D eigenvalue weighted by Crippen LogP contribution is -2.65. The molecule has 0 fully saturated rings. The molecule has 10 heavy (non-hydrogen) atoms. The van der Waals surface area contributed by atoms with E-state index in [4.69, 9.17) is 0 Å². The first kappa shape index (κ1) is 9.30. The largest absolute Gasteiger partial charge is 0.349 e. The zero-order valence-electron chi connectivity index (χ0n) is 6.52. The van der Waals surface area contributed by atoms with Gasteiger partial charge in [-0.25, -0.2) is 0 Å². The minimum atomic E-state index is -0.381. The SMILES string of the molecule is CCCC([NH3+])C(=O)C(C)=O. The lowest BCUT2D eigenvalue weighted by Gasteiger charge is -2.00. The van der Waals surface area contributed by atoms with E-state index in [2.05, 4.69) is 5.73 Å². The van der Waals surface area contributed by atoms with Crippen LogP contribution in [0.4, 0.5) is 0 Å². The summed E-state index contributed by atoms with van der Waals surface area (Å²) in [6.07, 6.45) is 1.60. The maximum atomic E-state index is 10.8. The van der Waals surface area contributed by atoms with Crippen LogP contribution in [0.5, 0.6) is 0 Å². The van der Waals surface area contributed by atoms with Gasteiger partial charge in [0.2, 0.25) is 5.78 Å². The molecule has 0 spiro atoms. The second kappa shape index (κ2) is 4.17. The van der Waals surface area contributed by atoms with E-state index in [1.807, 2.05) is 6.92 Å². The highest BCUT2D eigenvalue weighted by atomic mass is 16.2. The number of hydrogen-bond acceptors (Lipinski definition) is 2. The van der Waals surface area contributed by atoms with E-state index in [9.17, 15) is 9.59 Å². The third kappa shape index (κ3) is 2.73. The molecule has 58 valence electrons. The molecule has 0 bridgehead atoms. The number of quaternary nitrogens is 1. The maximum absolute atomic E-state index is 10.8. The molecule has 0 saturated heterocycles. The van der Waals surface area contributed by atoms with Crippen molar-refractivity contribution in [3.8, 4) is 0 Å². The van der Waals surface area contributed by atoms with Crippen LogP contribution in [0.3, 0.4) is 0 Å². The van der Waals surface area contributed by atoms with Gasteiger partial charge in [0.15, 0.2) is 6.04 Å². The van der Waals surface area contributed by atoms with Crippen molar-refractivity contribution in [2.75, 3.05) is 0 Å². The van der Waals surface area contributed by atoms with Crippen LogP contribution in [0.15, 0.2) is 0 Å². The van der Waals surface area contributed by atoms with Crippen LogP contribution in [-0.2, 0) is 9.59 Å². The van der Waals surface area contributed by atoms with Gasteiger partial charge in [0.05, 0.1) is 0 Å². The predicted molar refractivity (Wildman–Crippen MR) is 37.3 cm³/mol. The lowest BCUT2D eigenvalue weighted by atomic mass is 10.1. The zero-order chi connectivity index (χ0) is 8.15. The van der Waals surface area contributed by atoms with Crippen molar-refractivity contribution in [2.45, 2.75) is 32.7 Å². The molecule has 0 aliphatic heterocycles. The second-order valence-corrected chi connectivity index (χ2v) is 2.41. The van der Waals surface area contributed by atoms with Crippen LogP contribution in [0.1, 0.15) is 26.7 Å². The van der Waals surface area contributed by atoms with E-state index in [1.165, 1.54) is 6.92 Å². The number of hydrogen-bond donors (Lipinski definition) is 1. The van der Waals surface area contributed by atoms with Crippen LogP contribution in [0.25, 0.3) is 0 Å². The fourth-order valence-corrected chi connectivity index (χ4v) is 0.767.